The van der Waals surface area contributed by atoms with Crippen molar-refractivity contribution in [3.63, 3.8) is 0 Å². The van der Waals surface area contributed by atoms with Gasteiger partial charge in [-0.2, -0.15) is 0 Å². The molecule has 3 rings (SSSR count). The number of hydrogen-bond donors (Lipinski definition) is 2. The summed E-state index contributed by atoms with van der Waals surface area (Å²) in [5, 5.41) is 22.0. The van der Waals surface area contributed by atoms with Gasteiger partial charge in [-0.3, -0.25) is 9.59 Å². The average molecular weight is 547 g/mol. The monoisotopic (exact) mass is 546 g/mol. The molecular formula is C33H54O6. The maximum atomic E-state index is 12.5. The van der Waals surface area contributed by atoms with Crippen LogP contribution in [0.1, 0.15) is 107 Å². The second-order valence-corrected chi connectivity index (χ2v) is 14.6. The third-order valence-corrected chi connectivity index (χ3v) is 11.5. The summed E-state index contributed by atoms with van der Waals surface area (Å²) in [6.45, 7) is 20.4. The first kappa shape index (κ1) is 31.9. The van der Waals surface area contributed by atoms with Crippen LogP contribution in [0.25, 0.3) is 0 Å². The van der Waals surface area contributed by atoms with Gasteiger partial charge in [0.1, 0.15) is 6.10 Å². The maximum Gasteiger partial charge on any atom is 0.305 e. The first-order valence-corrected chi connectivity index (χ1v) is 14.8. The topological polar surface area (TPSA) is 93.1 Å². The van der Waals surface area contributed by atoms with Gasteiger partial charge in [0, 0.05) is 19.3 Å². The lowest BCUT2D eigenvalue weighted by Gasteiger charge is -2.67. The number of aliphatic hydroxyl groups is 2. The molecule has 0 aromatic heterocycles. The first-order chi connectivity index (χ1) is 17.8. The Balaban J connectivity index is 2.07. The van der Waals surface area contributed by atoms with Gasteiger partial charge < -0.3 is 19.7 Å². The Morgan fingerprint density at radius 3 is 2.21 bits per heavy atom. The van der Waals surface area contributed by atoms with Crippen LogP contribution in [0.4, 0.5) is 0 Å². The fourth-order valence-electron chi connectivity index (χ4n) is 9.49. The van der Waals surface area contributed by atoms with Crippen LogP contribution in [-0.4, -0.2) is 46.6 Å². The van der Waals surface area contributed by atoms with Crippen molar-refractivity contribution in [2.45, 2.75) is 124 Å². The normalized spacial score (nSPS) is 39.9. The van der Waals surface area contributed by atoms with Crippen LogP contribution in [0.3, 0.4) is 0 Å². The first-order valence-electron chi connectivity index (χ1n) is 14.8. The number of rotatable bonds is 9. The van der Waals surface area contributed by atoms with E-state index in [1.807, 2.05) is 13.0 Å². The van der Waals surface area contributed by atoms with Gasteiger partial charge in [-0.1, -0.05) is 45.1 Å². The Morgan fingerprint density at radius 2 is 1.67 bits per heavy atom. The Labute approximate surface area is 236 Å². The molecule has 0 bridgehead atoms. The molecule has 0 amide bonds. The van der Waals surface area contributed by atoms with E-state index in [4.69, 9.17) is 9.47 Å². The molecule has 3 saturated carbocycles. The summed E-state index contributed by atoms with van der Waals surface area (Å²) >= 11 is 0. The van der Waals surface area contributed by atoms with Crippen LogP contribution >= 0.6 is 0 Å². The van der Waals surface area contributed by atoms with Crippen LogP contribution in [0.2, 0.25) is 0 Å². The van der Waals surface area contributed by atoms with Crippen molar-refractivity contribution < 1.29 is 29.3 Å². The quantitative estimate of drug-likeness (QED) is 0.257. The summed E-state index contributed by atoms with van der Waals surface area (Å²) in [4.78, 5) is 24.8. The lowest BCUT2D eigenvalue weighted by molar-refractivity contribution is -0.222. The van der Waals surface area contributed by atoms with Crippen molar-refractivity contribution in [3.8, 4) is 0 Å². The number of carbonyl (C=O) groups is 2. The molecule has 0 unspecified atom stereocenters. The SMILES string of the molecule is C=C(C)[C@@H]1CC[C@]2(C)[C@H](C[C@@H](OC(C)=O)[C@H]3[C@H]([C@@](C)(O)C/C=C/C(C)(C)O)CC[C@]32C)[C@@]1(C)CCC(=O)OC. The van der Waals surface area contributed by atoms with Gasteiger partial charge in [0.05, 0.1) is 18.3 Å². The van der Waals surface area contributed by atoms with E-state index in [2.05, 4.69) is 34.3 Å². The molecular weight excluding hydrogens is 492 g/mol. The number of methoxy groups -OCH3 is 1. The van der Waals surface area contributed by atoms with Crippen LogP contribution in [-0.2, 0) is 19.1 Å². The van der Waals surface area contributed by atoms with Crippen LogP contribution in [0.15, 0.2) is 24.3 Å². The van der Waals surface area contributed by atoms with E-state index >= 15 is 0 Å². The Hall–Kier alpha value is -1.66. The second-order valence-electron chi connectivity index (χ2n) is 14.6. The minimum absolute atomic E-state index is 0.0134. The van der Waals surface area contributed by atoms with Gasteiger partial charge in [0.15, 0.2) is 0 Å². The molecule has 6 nitrogen and oxygen atoms in total. The average Bonchev–Trinajstić information content (AvgIpc) is 3.18. The van der Waals surface area contributed by atoms with Crippen molar-refractivity contribution in [1.82, 2.24) is 0 Å². The summed E-state index contributed by atoms with van der Waals surface area (Å²) in [5.41, 5.74) is -1.21. The van der Waals surface area contributed by atoms with Crippen molar-refractivity contribution in [2.24, 2.45) is 39.9 Å². The van der Waals surface area contributed by atoms with Crippen molar-refractivity contribution in [3.05, 3.63) is 24.3 Å². The van der Waals surface area contributed by atoms with E-state index in [1.165, 1.54) is 14.0 Å². The highest BCUT2D eigenvalue weighted by molar-refractivity contribution is 5.69. The summed E-state index contributed by atoms with van der Waals surface area (Å²) in [6.07, 6.45) is 9.35. The molecule has 222 valence electrons. The molecule has 3 aliphatic carbocycles. The predicted molar refractivity (Wildman–Crippen MR) is 154 cm³/mol. The van der Waals surface area contributed by atoms with Crippen LogP contribution < -0.4 is 0 Å². The number of ether oxygens (including phenoxy) is 2. The van der Waals surface area contributed by atoms with Gasteiger partial charge in [-0.15, -0.1) is 0 Å². The number of allylic oxidation sites excluding steroid dienone is 1. The zero-order chi connectivity index (χ0) is 29.6. The predicted octanol–water partition coefficient (Wildman–Crippen LogP) is 6.39. The molecule has 3 fully saturated rings. The fraction of sp³-hybridized carbons (Fsp3) is 0.818. The van der Waals surface area contributed by atoms with Crippen LogP contribution in [0.5, 0.6) is 0 Å². The van der Waals surface area contributed by atoms with Crippen LogP contribution in [0, 0.1) is 39.9 Å². The largest absolute Gasteiger partial charge is 0.469 e. The molecule has 3 aliphatic rings. The van der Waals surface area contributed by atoms with Crippen molar-refractivity contribution >= 4 is 11.9 Å². The van der Waals surface area contributed by atoms with E-state index in [0.29, 0.717) is 25.7 Å². The third-order valence-electron chi connectivity index (χ3n) is 11.5. The smallest absolute Gasteiger partial charge is 0.305 e. The molecule has 0 saturated heterocycles. The minimum Gasteiger partial charge on any atom is -0.469 e. The maximum absolute atomic E-state index is 12.5. The molecule has 0 aliphatic heterocycles. The van der Waals surface area contributed by atoms with E-state index < -0.39 is 11.2 Å². The molecule has 39 heavy (non-hydrogen) atoms. The molecule has 0 aromatic rings. The highest BCUT2D eigenvalue weighted by Crippen LogP contribution is 2.74. The molecule has 0 spiro atoms. The second kappa shape index (κ2) is 11.0. The van der Waals surface area contributed by atoms with E-state index in [9.17, 15) is 19.8 Å². The van der Waals surface area contributed by atoms with E-state index in [1.54, 1.807) is 19.9 Å². The molecule has 0 aromatic carbocycles. The van der Waals surface area contributed by atoms with Gasteiger partial charge in [0.2, 0.25) is 0 Å². The number of fused-ring (bicyclic) bond motifs is 3. The highest BCUT2D eigenvalue weighted by Gasteiger charge is 2.70. The molecule has 0 heterocycles. The lowest BCUT2D eigenvalue weighted by atomic mass is 9.37. The molecule has 6 heteroatoms. The summed E-state index contributed by atoms with van der Waals surface area (Å²) in [6, 6.07) is 0. The zero-order valence-corrected chi connectivity index (χ0v) is 25.9. The lowest BCUT2D eigenvalue weighted by Crippen LogP contribution is -2.64. The molecule has 0 radical (unpaired) electrons. The standard InChI is InChI=1S/C33H54O6/c1-21(2)23-12-18-31(7)26(30(23,6)17-14-27(35)38-10)20-25(39-22(3)34)28-24(13-19-32(28,31)8)33(9,37)16-11-15-29(4,5)36/h11,15,23-26,28,36-37H,1,12-14,16-20H2,2-10H3/b15-11+/t23-,24+,25+,26+,28+,30-,31+,32+,33-/m0/s1. The Kier molecular flexibility index (Phi) is 8.96. The third kappa shape index (κ3) is 5.88. The highest BCUT2D eigenvalue weighted by atomic mass is 16.5. The zero-order valence-electron chi connectivity index (χ0n) is 25.9. The summed E-state index contributed by atoms with van der Waals surface area (Å²) in [5.74, 6) is -0.0333. The minimum atomic E-state index is -1.01. The van der Waals surface area contributed by atoms with E-state index in [-0.39, 0.29) is 58.0 Å². The Bertz CT molecular complexity index is 975. The summed E-state index contributed by atoms with van der Waals surface area (Å²) in [7, 11) is 1.44. The number of esters is 2. The van der Waals surface area contributed by atoms with Gasteiger partial charge in [0.25, 0.3) is 0 Å². The van der Waals surface area contributed by atoms with Gasteiger partial charge in [-0.05, 0) is 107 Å². The summed E-state index contributed by atoms with van der Waals surface area (Å²) < 4.78 is 11.2. The van der Waals surface area contributed by atoms with Crippen molar-refractivity contribution in [2.75, 3.05) is 7.11 Å². The fourth-order valence-corrected chi connectivity index (χ4v) is 9.49. The van der Waals surface area contributed by atoms with Crippen molar-refractivity contribution in [1.29, 1.82) is 0 Å². The van der Waals surface area contributed by atoms with Gasteiger partial charge in [-0.25, -0.2) is 0 Å². The molecule has 2 N–H and O–H groups in total. The van der Waals surface area contributed by atoms with E-state index in [0.717, 1.165) is 31.3 Å². The molecule has 9 atom stereocenters. The number of hydrogen-bond acceptors (Lipinski definition) is 6. The van der Waals surface area contributed by atoms with Gasteiger partial charge >= 0.3 is 11.9 Å². The Morgan fingerprint density at radius 1 is 1.05 bits per heavy atom. The number of carbonyl (C=O) groups excluding carboxylic acids is 2.